The lowest BCUT2D eigenvalue weighted by Crippen LogP contribution is -2.57. The second-order valence-corrected chi connectivity index (χ2v) is 5.48. The van der Waals surface area contributed by atoms with Crippen molar-refractivity contribution in [3.63, 3.8) is 0 Å². The monoisotopic (exact) mass is 318 g/mol. The van der Waals surface area contributed by atoms with Gasteiger partial charge in [0.25, 0.3) is 5.91 Å². The fraction of sp³-hybridized carbons (Fsp3) is 0.533. The average molecular weight is 319 g/mol. The van der Waals surface area contributed by atoms with Crippen LogP contribution in [0.5, 0.6) is 5.75 Å². The number of carbonyl (C=O) groups excluding carboxylic acids is 1. The number of nitrogens with one attached hydrogen (secondary N) is 1. The highest BCUT2D eigenvalue weighted by Crippen LogP contribution is 2.17. The Labute approximate surface area is 131 Å². The van der Waals surface area contributed by atoms with Crippen LogP contribution in [-0.2, 0) is 4.79 Å². The zero-order valence-corrected chi connectivity index (χ0v) is 13.7. The van der Waals surface area contributed by atoms with Crippen LogP contribution in [0.3, 0.4) is 0 Å². The van der Waals surface area contributed by atoms with E-state index in [9.17, 15) is 9.18 Å². The molecule has 120 valence electrons. The van der Waals surface area contributed by atoms with E-state index in [4.69, 9.17) is 10.5 Å². The van der Waals surface area contributed by atoms with Crippen molar-refractivity contribution in [3.8, 4) is 5.75 Å². The quantitative estimate of drug-likeness (QED) is 0.847. The van der Waals surface area contributed by atoms with Crippen LogP contribution < -0.4 is 15.8 Å². The van der Waals surface area contributed by atoms with E-state index in [1.54, 1.807) is 13.0 Å². The molecule has 0 radical (unpaired) electrons. The molecule has 1 rings (SSSR count). The standard InChI is InChI=1S/C15H23FN2O2.ClH/c1-10(2)15(4,9-17)18-14(19)11(3)20-13-7-5-6-12(16)8-13;/h5-8,10-11H,9,17H2,1-4H3,(H,18,19);1H. The van der Waals surface area contributed by atoms with Crippen LogP contribution >= 0.6 is 12.4 Å². The molecule has 0 aliphatic rings. The van der Waals surface area contributed by atoms with Crippen molar-refractivity contribution in [2.24, 2.45) is 11.7 Å². The van der Waals surface area contributed by atoms with Gasteiger partial charge in [-0.1, -0.05) is 19.9 Å². The number of hydrogen-bond donors (Lipinski definition) is 2. The number of halogens is 2. The van der Waals surface area contributed by atoms with Gasteiger partial charge in [0.05, 0.1) is 5.54 Å². The molecule has 6 heteroatoms. The summed E-state index contributed by atoms with van der Waals surface area (Å²) < 4.78 is 18.5. The Morgan fingerprint density at radius 1 is 1.43 bits per heavy atom. The first-order valence-corrected chi connectivity index (χ1v) is 6.73. The molecule has 0 fully saturated rings. The fourth-order valence-electron chi connectivity index (χ4n) is 1.61. The highest BCUT2D eigenvalue weighted by Gasteiger charge is 2.30. The molecule has 0 aromatic heterocycles. The largest absolute Gasteiger partial charge is 0.481 e. The lowest BCUT2D eigenvalue weighted by atomic mass is 9.88. The molecule has 21 heavy (non-hydrogen) atoms. The maximum atomic E-state index is 13.1. The van der Waals surface area contributed by atoms with Gasteiger partial charge in [-0.25, -0.2) is 4.39 Å². The van der Waals surface area contributed by atoms with E-state index >= 15 is 0 Å². The van der Waals surface area contributed by atoms with Crippen molar-refractivity contribution < 1.29 is 13.9 Å². The first-order chi connectivity index (χ1) is 9.28. The number of amides is 1. The second-order valence-electron chi connectivity index (χ2n) is 5.48. The highest BCUT2D eigenvalue weighted by atomic mass is 35.5. The summed E-state index contributed by atoms with van der Waals surface area (Å²) in [6, 6.07) is 5.71. The molecular weight excluding hydrogens is 295 g/mol. The summed E-state index contributed by atoms with van der Waals surface area (Å²) in [5.74, 6) is -0.149. The van der Waals surface area contributed by atoms with Gasteiger partial charge in [-0.05, 0) is 31.9 Å². The van der Waals surface area contributed by atoms with Crippen molar-refractivity contribution in [1.82, 2.24) is 5.32 Å². The summed E-state index contributed by atoms with van der Waals surface area (Å²) in [5.41, 5.74) is 5.23. The Kier molecular flexibility index (Phi) is 7.68. The number of carbonyl (C=O) groups is 1. The molecular formula is C15H24ClFN2O2. The third kappa shape index (κ3) is 5.52. The molecule has 1 amide bonds. The highest BCUT2D eigenvalue weighted by molar-refractivity contribution is 5.85. The molecule has 0 aliphatic carbocycles. The minimum atomic E-state index is -0.721. The molecule has 2 atom stereocenters. The molecule has 0 bridgehead atoms. The predicted molar refractivity (Wildman–Crippen MR) is 84.2 cm³/mol. The zero-order chi connectivity index (χ0) is 15.3. The Morgan fingerprint density at radius 3 is 2.52 bits per heavy atom. The minimum Gasteiger partial charge on any atom is -0.481 e. The molecule has 1 aromatic rings. The predicted octanol–water partition coefficient (Wildman–Crippen LogP) is 2.50. The van der Waals surface area contributed by atoms with Crippen molar-refractivity contribution in [2.75, 3.05) is 6.54 Å². The SMILES string of the molecule is CC(Oc1cccc(F)c1)C(=O)NC(C)(CN)C(C)C.Cl. The number of ether oxygens (including phenoxy) is 1. The Hall–Kier alpha value is -1.33. The Morgan fingerprint density at radius 2 is 2.05 bits per heavy atom. The van der Waals surface area contributed by atoms with Gasteiger partial charge in [-0.2, -0.15) is 0 Å². The summed E-state index contributed by atoms with van der Waals surface area (Å²) >= 11 is 0. The van der Waals surface area contributed by atoms with Crippen LogP contribution in [0.15, 0.2) is 24.3 Å². The zero-order valence-electron chi connectivity index (χ0n) is 12.9. The Balaban J connectivity index is 0.00000400. The van der Waals surface area contributed by atoms with E-state index in [1.165, 1.54) is 18.2 Å². The first-order valence-electron chi connectivity index (χ1n) is 6.73. The van der Waals surface area contributed by atoms with E-state index in [0.717, 1.165) is 0 Å². The first kappa shape index (κ1) is 19.7. The molecule has 0 saturated heterocycles. The lowest BCUT2D eigenvalue weighted by molar-refractivity contribution is -0.129. The second kappa shape index (κ2) is 8.20. The van der Waals surface area contributed by atoms with E-state index in [0.29, 0.717) is 12.3 Å². The van der Waals surface area contributed by atoms with Gasteiger partial charge in [0, 0.05) is 12.6 Å². The molecule has 4 nitrogen and oxygen atoms in total. The van der Waals surface area contributed by atoms with Crippen LogP contribution in [0.2, 0.25) is 0 Å². The van der Waals surface area contributed by atoms with Crippen molar-refractivity contribution >= 4 is 18.3 Å². The molecule has 3 N–H and O–H groups in total. The van der Waals surface area contributed by atoms with Gasteiger partial charge in [0.2, 0.25) is 0 Å². The molecule has 2 unspecified atom stereocenters. The maximum Gasteiger partial charge on any atom is 0.261 e. The van der Waals surface area contributed by atoms with Crippen molar-refractivity contribution in [3.05, 3.63) is 30.1 Å². The summed E-state index contributed by atoms with van der Waals surface area (Å²) in [7, 11) is 0. The number of hydrogen-bond acceptors (Lipinski definition) is 3. The van der Waals surface area contributed by atoms with Crippen LogP contribution in [-0.4, -0.2) is 24.1 Å². The van der Waals surface area contributed by atoms with Gasteiger partial charge in [-0.3, -0.25) is 4.79 Å². The van der Waals surface area contributed by atoms with E-state index in [-0.39, 0.29) is 24.2 Å². The third-order valence-corrected chi connectivity index (χ3v) is 3.59. The molecule has 0 spiro atoms. The molecule has 1 aromatic carbocycles. The molecule has 0 saturated carbocycles. The number of benzene rings is 1. The Bertz CT molecular complexity index is 471. The van der Waals surface area contributed by atoms with Gasteiger partial charge in [-0.15, -0.1) is 12.4 Å². The van der Waals surface area contributed by atoms with Crippen LogP contribution in [0.4, 0.5) is 4.39 Å². The molecule has 0 heterocycles. The lowest BCUT2D eigenvalue weighted by Gasteiger charge is -2.34. The molecule has 0 aliphatic heterocycles. The number of rotatable bonds is 6. The van der Waals surface area contributed by atoms with Crippen LogP contribution in [0.1, 0.15) is 27.7 Å². The third-order valence-electron chi connectivity index (χ3n) is 3.59. The van der Waals surface area contributed by atoms with Gasteiger partial charge < -0.3 is 15.8 Å². The van der Waals surface area contributed by atoms with Gasteiger partial charge in [0.1, 0.15) is 11.6 Å². The summed E-state index contributed by atoms with van der Waals surface area (Å²) in [6.45, 7) is 7.83. The van der Waals surface area contributed by atoms with Crippen molar-refractivity contribution in [1.29, 1.82) is 0 Å². The topological polar surface area (TPSA) is 64.3 Å². The van der Waals surface area contributed by atoms with Crippen LogP contribution in [0, 0.1) is 11.7 Å². The normalized spacial score (nSPS) is 14.8. The summed E-state index contributed by atoms with van der Waals surface area (Å²) in [6.07, 6.45) is -0.721. The van der Waals surface area contributed by atoms with Crippen LogP contribution in [0.25, 0.3) is 0 Å². The maximum absolute atomic E-state index is 13.1. The van der Waals surface area contributed by atoms with E-state index in [2.05, 4.69) is 5.32 Å². The van der Waals surface area contributed by atoms with Gasteiger partial charge >= 0.3 is 0 Å². The average Bonchev–Trinajstić information content (AvgIpc) is 2.38. The number of nitrogens with two attached hydrogens (primary N) is 1. The minimum absolute atomic E-state index is 0. The smallest absolute Gasteiger partial charge is 0.261 e. The van der Waals surface area contributed by atoms with Crippen molar-refractivity contribution in [2.45, 2.75) is 39.3 Å². The summed E-state index contributed by atoms with van der Waals surface area (Å²) in [5, 5.41) is 2.89. The van der Waals surface area contributed by atoms with Gasteiger partial charge in [0.15, 0.2) is 6.10 Å². The van der Waals surface area contributed by atoms with E-state index < -0.39 is 17.5 Å². The summed E-state index contributed by atoms with van der Waals surface area (Å²) in [4.78, 5) is 12.1. The fourth-order valence-corrected chi connectivity index (χ4v) is 1.61. The van der Waals surface area contributed by atoms with E-state index in [1.807, 2.05) is 20.8 Å².